The van der Waals surface area contributed by atoms with Gasteiger partial charge in [0, 0.05) is 42.8 Å². The van der Waals surface area contributed by atoms with E-state index in [0.29, 0.717) is 18.8 Å². The molecule has 3 aromatic heterocycles. The van der Waals surface area contributed by atoms with E-state index in [4.69, 9.17) is 0 Å². The topological polar surface area (TPSA) is 77.6 Å². The second kappa shape index (κ2) is 9.34. The lowest BCUT2D eigenvalue weighted by Gasteiger charge is -2.11. The van der Waals surface area contributed by atoms with Crippen LogP contribution in [0.15, 0.2) is 67.3 Å². The summed E-state index contributed by atoms with van der Waals surface area (Å²) in [6.07, 6.45) is 7.98. The summed E-state index contributed by atoms with van der Waals surface area (Å²) in [7, 11) is 0. The van der Waals surface area contributed by atoms with Gasteiger partial charge in [0.25, 0.3) is 5.91 Å². The summed E-state index contributed by atoms with van der Waals surface area (Å²) in [5.41, 5.74) is 3.97. The van der Waals surface area contributed by atoms with Gasteiger partial charge in [-0.05, 0) is 54.4 Å². The number of pyridine rings is 1. The summed E-state index contributed by atoms with van der Waals surface area (Å²) in [5.74, 6) is -0.519. The van der Waals surface area contributed by atoms with Crippen LogP contribution in [-0.4, -0.2) is 37.0 Å². The normalized spacial score (nSPS) is 10.9. The van der Waals surface area contributed by atoms with Gasteiger partial charge in [0.15, 0.2) is 0 Å². The van der Waals surface area contributed by atoms with Crippen LogP contribution < -0.4 is 5.32 Å². The Hall–Kier alpha value is -3.81. The minimum absolute atomic E-state index is 0.223. The maximum Gasteiger partial charge on any atom is 0.271 e. The van der Waals surface area contributed by atoms with Crippen molar-refractivity contribution >= 4 is 5.91 Å². The van der Waals surface area contributed by atoms with Gasteiger partial charge in [-0.3, -0.25) is 19.1 Å². The monoisotopic (exact) mass is 418 g/mol. The molecule has 0 spiro atoms. The van der Waals surface area contributed by atoms with E-state index in [1.807, 2.05) is 16.8 Å². The molecule has 0 radical (unpaired) electrons. The number of halogens is 1. The first-order valence-electron chi connectivity index (χ1n) is 10.2. The van der Waals surface area contributed by atoms with Crippen LogP contribution in [0.5, 0.6) is 0 Å². The minimum atomic E-state index is -0.296. The molecular weight excluding hydrogens is 395 g/mol. The Kier molecular flexibility index (Phi) is 6.16. The van der Waals surface area contributed by atoms with E-state index < -0.39 is 0 Å². The van der Waals surface area contributed by atoms with Crippen LogP contribution >= 0.6 is 0 Å². The number of aryl methyl sites for hydroxylation is 1. The fraction of sp³-hybridized carbons (Fsp3) is 0.217. The molecule has 0 aliphatic carbocycles. The summed E-state index contributed by atoms with van der Waals surface area (Å²) >= 11 is 0. The average molecular weight is 418 g/mol. The van der Waals surface area contributed by atoms with Gasteiger partial charge in [0.1, 0.15) is 11.5 Å². The predicted octanol–water partition coefficient (Wildman–Crippen LogP) is 3.79. The number of carbonyl (C=O) groups is 1. The van der Waals surface area contributed by atoms with Gasteiger partial charge in [-0.1, -0.05) is 6.92 Å². The molecule has 0 bridgehead atoms. The predicted molar refractivity (Wildman–Crippen MR) is 116 cm³/mol. The zero-order valence-corrected chi connectivity index (χ0v) is 17.2. The molecule has 0 atom stereocenters. The lowest BCUT2D eigenvalue weighted by molar-refractivity contribution is 0.0946. The highest BCUT2D eigenvalue weighted by atomic mass is 19.1. The van der Waals surface area contributed by atoms with E-state index >= 15 is 0 Å². The van der Waals surface area contributed by atoms with E-state index in [0.717, 1.165) is 35.3 Å². The average Bonchev–Trinajstić information content (AvgIpc) is 3.43. The molecule has 1 N–H and O–H groups in total. The number of hydrogen-bond acceptors (Lipinski definition) is 4. The van der Waals surface area contributed by atoms with Crippen molar-refractivity contribution in [3.05, 3.63) is 78.8 Å². The molecule has 8 heteroatoms. The van der Waals surface area contributed by atoms with E-state index in [9.17, 15) is 9.18 Å². The third-order valence-electron chi connectivity index (χ3n) is 4.88. The van der Waals surface area contributed by atoms with Gasteiger partial charge >= 0.3 is 0 Å². The van der Waals surface area contributed by atoms with E-state index in [2.05, 4.69) is 27.4 Å². The molecule has 1 aromatic carbocycles. The van der Waals surface area contributed by atoms with E-state index in [-0.39, 0.29) is 11.7 Å². The summed E-state index contributed by atoms with van der Waals surface area (Å²) in [5, 5.41) is 11.7. The van der Waals surface area contributed by atoms with Crippen molar-refractivity contribution < 1.29 is 9.18 Å². The molecule has 1 amide bonds. The van der Waals surface area contributed by atoms with E-state index in [1.165, 1.54) is 12.1 Å². The number of rotatable bonds is 8. The zero-order valence-electron chi connectivity index (χ0n) is 17.2. The molecule has 0 aliphatic heterocycles. The Morgan fingerprint density at radius 3 is 2.55 bits per heavy atom. The smallest absolute Gasteiger partial charge is 0.271 e. The van der Waals surface area contributed by atoms with Crippen LogP contribution in [0.2, 0.25) is 0 Å². The van der Waals surface area contributed by atoms with Gasteiger partial charge in [-0.2, -0.15) is 10.2 Å². The minimum Gasteiger partial charge on any atom is -0.349 e. The molecule has 3 heterocycles. The standard InChI is InChI=1S/C23H23FN6O/c1-2-13-29-14-9-21(28-29)23(31)26-12-15-30-22(18-3-5-19(24)6-4-18)20(16-27-30)17-7-10-25-11-8-17/h3-11,14,16H,2,12-13,15H2,1H3,(H,26,31). The highest BCUT2D eigenvalue weighted by Crippen LogP contribution is 2.31. The fourth-order valence-electron chi connectivity index (χ4n) is 3.41. The number of nitrogens with one attached hydrogen (secondary N) is 1. The second-order valence-corrected chi connectivity index (χ2v) is 7.09. The number of aromatic nitrogens is 5. The lowest BCUT2D eigenvalue weighted by atomic mass is 10.0. The molecule has 0 saturated carbocycles. The number of benzene rings is 1. The fourth-order valence-corrected chi connectivity index (χ4v) is 3.41. The Labute approximate surface area is 179 Å². The van der Waals surface area contributed by atoms with Crippen molar-refractivity contribution in [2.75, 3.05) is 6.54 Å². The molecule has 0 fully saturated rings. The Morgan fingerprint density at radius 2 is 1.81 bits per heavy atom. The summed E-state index contributed by atoms with van der Waals surface area (Å²) < 4.78 is 17.0. The van der Waals surface area contributed by atoms with Crippen molar-refractivity contribution in [3.63, 3.8) is 0 Å². The van der Waals surface area contributed by atoms with Gasteiger partial charge < -0.3 is 5.32 Å². The van der Waals surface area contributed by atoms with Gasteiger partial charge in [0.2, 0.25) is 0 Å². The van der Waals surface area contributed by atoms with Crippen LogP contribution in [0.25, 0.3) is 22.4 Å². The number of nitrogens with zero attached hydrogens (tertiary/aromatic N) is 5. The molecule has 0 unspecified atom stereocenters. The van der Waals surface area contributed by atoms with Crippen molar-refractivity contribution in [3.8, 4) is 22.4 Å². The van der Waals surface area contributed by atoms with Gasteiger partial charge in [-0.25, -0.2) is 4.39 Å². The van der Waals surface area contributed by atoms with Crippen LogP contribution in [0.1, 0.15) is 23.8 Å². The van der Waals surface area contributed by atoms with E-state index in [1.54, 1.807) is 47.7 Å². The SMILES string of the molecule is CCCn1ccc(C(=O)NCCn2ncc(-c3ccncc3)c2-c2ccc(F)cc2)n1. The Balaban J connectivity index is 1.53. The second-order valence-electron chi connectivity index (χ2n) is 7.09. The van der Waals surface area contributed by atoms with Crippen molar-refractivity contribution in [1.29, 1.82) is 0 Å². The molecule has 31 heavy (non-hydrogen) atoms. The van der Waals surface area contributed by atoms with Crippen molar-refractivity contribution in [2.24, 2.45) is 0 Å². The molecule has 4 aromatic rings. The van der Waals surface area contributed by atoms with Crippen LogP contribution in [0.3, 0.4) is 0 Å². The quantitative estimate of drug-likeness (QED) is 0.472. The van der Waals surface area contributed by atoms with Crippen molar-refractivity contribution in [2.45, 2.75) is 26.4 Å². The molecule has 7 nitrogen and oxygen atoms in total. The maximum absolute atomic E-state index is 13.5. The first-order valence-corrected chi connectivity index (χ1v) is 10.2. The van der Waals surface area contributed by atoms with Crippen LogP contribution in [0.4, 0.5) is 4.39 Å². The lowest BCUT2D eigenvalue weighted by Crippen LogP contribution is -2.28. The highest BCUT2D eigenvalue weighted by molar-refractivity contribution is 5.92. The first kappa shape index (κ1) is 20.5. The number of carbonyl (C=O) groups excluding carboxylic acids is 1. The van der Waals surface area contributed by atoms with Crippen LogP contribution in [0, 0.1) is 5.82 Å². The maximum atomic E-state index is 13.5. The Bertz CT molecular complexity index is 1150. The summed E-state index contributed by atoms with van der Waals surface area (Å²) in [6.45, 7) is 3.67. The molecule has 0 aliphatic rings. The summed E-state index contributed by atoms with van der Waals surface area (Å²) in [6, 6.07) is 11.8. The zero-order chi connectivity index (χ0) is 21.6. The third kappa shape index (κ3) is 4.69. The highest BCUT2D eigenvalue weighted by Gasteiger charge is 2.16. The largest absolute Gasteiger partial charge is 0.349 e. The molecular formula is C23H23FN6O. The Morgan fingerprint density at radius 1 is 1.03 bits per heavy atom. The molecule has 4 rings (SSSR count). The van der Waals surface area contributed by atoms with Gasteiger partial charge in [0.05, 0.1) is 18.4 Å². The number of amides is 1. The van der Waals surface area contributed by atoms with Crippen LogP contribution in [-0.2, 0) is 13.1 Å². The number of hydrogen-bond donors (Lipinski definition) is 1. The molecule has 158 valence electrons. The summed E-state index contributed by atoms with van der Waals surface area (Å²) in [4.78, 5) is 16.5. The molecule has 0 saturated heterocycles. The van der Waals surface area contributed by atoms with Gasteiger partial charge in [-0.15, -0.1) is 0 Å². The third-order valence-corrected chi connectivity index (χ3v) is 4.88. The van der Waals surface area contributed by atoms with Crippen molar-refractivity contribution in [1.82, 2.24) is 29.9 Å². The first-order chi connectivity index (χ1) is 15.2.